The van der Waals surface area contributed by atoms with Crippen molar-refractivity contribution in [3.8, 4) is 0 Å². The van der Waals surface area contributed by atoms with Gasteiger partial charge in [0, 0.05) is 4.90 Å². The predicted molar refractivity (Wildman–Crippen MR) is 98.4 cm³/mol. The number of rotatable bonds is 5. The fourth-order valence-corrected chi connectivity index (χ4v) is 2.78. The van der Waals surface area contributed by atoms with Crippen molar-refractivity contribution in [3.63, 3.8) is 0 Å². The number of fused-ring (bicyclic) bond motifs is 1. The van der Waals surface area contributed by atoms with Crippen molar-refractivity contribution < 1.29 is 14.3 Å². The second-order valence-electron chi connectivity index (χ2n) is 5.21. The van der Waals surface area contributed by atoms with Gasteiger partial charge in [0.1, 0.15) is 11.8 Å². The number of benzene rings is 1. The van der Waals surface area contributed by atoms with Crippen molar-refractivity contribution in [1.82, 2.24) is 19.9 Å². The van der Waals surface area contributed by atoms with Gasteiger partial charge < -0.3 is 15.0 Å². The highest BCUT2D eigenvalue weighted by Gasteiger charge is 2.22. The molecule has 26 heavy (non-hydrogen) atoms. The van der Waals surface area contributed by atoms with E-state index in [1.807, 2.05) is 6.26 Å². The number of hydrogen-bond acceptors (Lipinski definition) is 7. The molecule has 0 saturated heterocycles. The molecule has 0 bridgehead atoms. The van der Waals surface area contributed by atoms with Crippen molar-refractivity contribution >= 4 is 52.2 Å². The monoisotopic (exact) mass is 391 g/mol. The van der Waals surface area contributed by atoms with Crippen molar-refractivity contribution in [2.75, 3.05) is 11.6 Å². The van der Waals surface area contributed by atoms with Crippen LogP contribution in [0.4, 0.5) is 5.82 Å². The molecule has 10 heteroatoms. The van der Waals surface area contributed by atoms with Crippen LogP contribution in [0.2, 0.25) is 5.02 Å². The van der Waals surface area contributed by atoms with E-state index in [1.165, 1.54) is 31.3 Å². The van der Waals surface area contributed by atoms with Gasteiger partial charge in [0.2, 0.25) is 0 Å². The Morgan fingerprint density at radius 1 is 1.31 bits per heavy atom. The number of aromatic nitrogens is 4. The Hall–Kier alpha value is -2.65. The largest absolute Gasteiger partial charge is 0.449 e. The van der Waals surface area contributed by atoms with Gasteiger partial charge in [-0.25, -0.2) is 19.7 Å². The van der Waals surface area contributed by atoms with Gasteiger partial charge in [0.25, 0.3) is 5.91 Å². The lowest BCUT2D eigenvalue weighted by molar-refractivity contribution is -0.123. The molecule has 0 spiro atoms. The number of halogens is 1. The van der Waals surface area contributed by atoms with Crippen LogP contribution in [-0.4, -0.2) is 44.2 Å². The molecule has 8 nitrogen and oxygen atoms in total. The lowest BCUT2D eigenvalue weighted by atomic mass is 10.2. The summed E-state index contributed by atoms with van der Waals surface area (Å²) in [5.41, 5.74) is 1.10. The van der Waals surface area contributed by atoms with Gasteiger partial charge in [-0.15, -0.1) is 11.8 Å². The van der Waals surface area contributed by atoms with Crippen LogP contribution in [0.15, 0.2) is 35.7 Å². The number of esters is 1. The number of H-pyrrole nitrogens is 1. The molecule has 0 saturated carbocycles. The topological polar surface area (TPSA) is 110 Å². The van der Waals surface area contributed by atoms with Crippen molar-refractivity contribution in [2.45, 2.75) is 17.9 Å². The van der Waals surface area contributed by atoms with E-state index < -0.39 is 18.0 Å². The highest BCUT2D eigenvalue weighted by atomic mass is 35.5. The minimum Gasteiger partial charge on any atom is -0.449 e. The molecule has 3 aromatic rings. The van der Waals surface area contributed by atoms with Crippen LogP contribution in [0.1, 0.15) is 17.3 Å². The Morgan fingerprint density at radius 2 is 2.12 bits per heavy atom. The number of nitrogens with zero attached hydrogens (tertiary/aromatic N) is 3. The molecule has 2 heterocycles. The fourth-order valence-electron chi connectivity index (χ4n) is 2.14. The zero-order chi connectivity index (χ0) is 18.7. The first-order valence-electron chi connectivity index (χ1n) is 7.49. The standard InChI is InChI=1S/C16H14ClN5O3S/c1-8(25-16(24)10-5-9(26-2)3-4-11(10)17)15(23)22-14-12-13(19-6-18-12)20-7-21-14/h3-8H,1-2H3,(H2,18,19,20,21,22,23). The van der Waals surface area contributed by atoms with Gasteiger partial charge in [0.05, 0.1) is 16.9 Å². The molecule has 2 N–H and O–H groups in total. The lowest BCUT2D eigenvalue weighted by Crippen LogP contribution is -2.30. The van der Waals surface area contributed by atoms with E-state index in [-0.39, 0.29) is 16.4 Å². The van der Waals surface area contributed by atoms with Gasteiger partial charge in [-0.1, -0.05) is 11.6 Å². The minimum absolute atomic E-state index is 0.205. The summed E-state index contributed by atoms with van der Waals surface area (Å²) < 4.78 is 5.23. The van der Waals surface area contributed by atoms with Crippen LogP contribution < -0.4 is 5.32 Å². The highest BCUT2D eigenvalue weighted by Crippen LogP contribution is 2.24. The van der Waals surface area contributed by atoms with E-state index in [0.717, 1.165) is 4.90 Å². The molecule has 0 radical (unpaired) electrons. The molecule has 1 aromatic carbocycles. The molecule has 0 aliphatic rings. The highest BCUT2D eigenvalue weighted by molar-refractivity contribution is 7.98. The van der Waals surface area contributed by atoms with Crippen molar-refractivity contribution in [3.05, 3.63) is 41.4 Å². The van der Waals surface area contributed by atoms with E-state index in [4.69, 9.17) is 16.3 Å². The number of anilines is 1. The molecule has 0 aliphatic heterocycles. The smallest absolute Gasteiger partial charge is 0.340 e. The summed E-state index contributed by atoms with van der Waals surface area (Å²) in [7, 11) is 0. The number of aromatic amines is 1. The van der Waals surface area contributed by atoms with E-state index in [0.29, 0.717) is 11.2 Å². The third kappa shape index (κ3) is 3.78. The number of nitrogens with one attached hydrogen (secondary N) is 2. The number of thioether (sulfide) groups is 1. The first-order valence-corrected chi connectivity index (χ1v) is 9.09. The molecule has 0 fully saturated rings. The lowest BCUT2D eigenvalue weighted by Gasteiger charge is -2.14. The summed E-state index contributed by atoms with van der Waals surface area (Å²) in [6.07, 6.45) is 3.55. The molecular weight excluding hydrogens is 378 g/mol. The summed E-state index contributed by atoms with van der Waals surface area (Å²) in [6, 6.07) is 5.04. The van der Waals surface area contributed by atoms with Gasteiger partial charge in [-0.3, -0.25) is 4.79 Å². The molecule has 3 rings (SSSR count). The fraction of sp³-hybridized carbons (Fsp3) is 0.188. The molecule has 0 aliphatic carbocycles. The first kappa shape index (κ1) is 18.2. The van der Waals surface area contributed by atoms with Gasteiger partial charge in [-0.2, -0.15) is 0 Å². The van der Waals surface area contributed by atoms with Crippen LogP contribution in [0.3, 0.4) is 0 Å². The van der Waals surface area contributed by atoms with E-state index >= 15 is 0 Å². The predicted octanol–water partition coefficient (Wildman–Crippen LogP) is 2.91. The number of carbonyl (C=O) groups is 2. The summed E-state index contributed by atoms with van der Waals surface area (Å²) in [5, 5.41) is 2.85. The maximum Gasteiger partial charge on any atom is 0.340 e. The zero-order valence-electron chi connectivity index (χ0n) is 13.8. The third-order valence-electron chi connectivity index (χ3n) is 3.51. The summed E-state index contributed by atoms with van der Waals surface area (Å²) in [5.74, 6) is -0.962. The second kappa shape index (κ2) is 7.71. The van der Waals surface area contributed by atoms with Crippen LogP contribution >= 0.6 is 23.4 Å². The molecule has 1 atom stereocenters. The first-order chi connectivity index (χ1) is 12.5. The van der Waals surface area contributed by atoms with E-state index in [9.17, 15) is 9.59 Å². The Bertz CT molecular complexity index is 977. The number of carbonyl (C=O) groups excluding carboxylic acids is 2. The van der Waals surface area contributed by atoms with Crippen molar-refractivity contribution in [2.24, 2.45) is 0 Å². The van der Waals surface area contributed by atoms with Crippen LogP contribution in [0.5, 0.6) is 0 Å². The second-order valence-corrected chi connectivity index (χ2v) is 6.49. The Labute approximate surface area is 157 Å². The Morgan fingerprint density at radius 3 is 2.88 bits per heavy atom. The summed E-state index contributed by atoms with van der Waals surface area (Å²) >= 11 is 7.52. The van der Waals surface area contributed by atoms with E-state index in [2.05, 4.69) is 25.3 Å². The average Bonchev–Trinajstić information content (AvgIpc) is 3.11. The molecule has 2 aromatic heterocycles. The maximum atomic E-state index is 12.3. The average molecular weight is 392 g/mol. The number of hydrogen-bond donors (Lipinski definition) is 2. The summed E-state index contributed by atoms with van der Waals surface area (Å²) in [6.45, 7) is 1.46. The number of amides is 1. The third-order valence-corrected chi connectivity index (χ3v) is 4.57. The normalized spacial score (nSPS) is 12.0. The molecular formula is C16H14ClN5O3S. The van der Waals surface area contributed by atoms with Gasteiger partial charge in [-0.05, 0) is 31.4 Å². The van der Waals surface area contributed by atoms with Crippen LogP contribution in [0, 0.1) is 0 Å². The SMILES string of the molecule is CSc1ccc(Cl)c(C(=O)OC(C)C(=O)Nc2ncnc3nc[nH]c23)c1. The van der Waals surface area contributed by atoms with Gasteiger partial charge >= 0.3 is 5.97 Å². The van der Waals surface area contributed by atoms with Crippen molar-refractivity contribution in [1.29, 1.82) is 0 Å². The number of ether oxygens (including phenoxy) is 1. The Kier molecular flexibility index (Phi) is 5.38. The summed E-state index contributed by atoms with van der Waals surface area (Å²) in [4.78, 5) is 40.3. The molecule has 1 unspecified atom stereocenters. The van der Waals surface area contributed by atoms with Crippen LogP contribution in [-0.2, 0) is 9.53 Å². The maximum absolute atomic E-state index is 12.3. The molecule has 1 amide bonds. The quantitative estimate of drug-likeness (QED) is 0.508. The Balaban J connectivity index is 1.71. The van der Waals surface area contributed by atoms with Gasteiger partial charge in [0.15, 0.2) is 17.6 Å². The van der Waals surface area contributed by atoms with Crippen LogP contribution in [0.25, 0.3) is 11.2 Å². The number of imidazole rings is 1. The zero-order valence-corrected chi connectivity index (χ0v) is 15.4. The molecule has 134 valence electrons. The minimum atomic E-state index is -1.05. The van der Waals surface area contributed by atoms with E-state index in [1.54, 1.807) is 18.2 Å².